The highest BCUT2D eigenvalue weighted by molar-refractivity contribution is 6.16. The number of halogens is 2. The number of fused-ring (bicyclic) bond motifs is 1. The van der Waals surface area contributed by atoms with Crippen LogP contribution in [-0.2, 0) is 15.4 Å². The minimum Gasteiger partial charge on any atom is -0.467 e. The molecule has 4 nitrogen and oxygen atoms in total. The lowest BCUT2D eigenvalue weighted by Gasteiger charge is -2.14. The Morgan fingerprint density at radius 3 is 2.94 bits per heavy atom. The average Bonchev–Trinajstić information content (AvgIpc) is 2.76. The second kappa shape index (κ2) is 4.94. The second-order valence-electron chi connectivity index (χ2n) is 3.84. The molecule has 0 saturated carbocycles. The number of para-hydroxylation sites is 1. The molecule has 96 valence electrons. The van der Waals surface area contributed by atoms with Gasteiger partial charge in [-0.2, -0.15) is 0 Å². The van der Waals surface area contributed by atoms with Crippen LogP contribution in [0.5, 0.6) is 0 Å². The number of imidazole rings is 1. The summed E-state index contributed by atoms with van der Waals surface area (Å²) in [6, 6.07) is 3.98. The van der Waals surface area contributed by atoms with Crippen LogP contribution in [0.25, 0.3) is 11.0 Å². The summed E-state index contributed by atoms with van der Waals surface area (Å²) >= 11 is 5.79. The lowest BCUT2D eigenvalue weighted by molar-refractivity contribution is -0.143. The number of hydrogen-bond acceptors (Lipinski definition) is 3. The quantitative estimate of drug-likeness (QED) is 0.636. The summed E-state index contributed by atoms with van der Waals surface area (Å²) < 4.78 is 19.9. The number of rotatable bonds is 3. The van der Waals surface area contributed by atoms with Gasteiger partial charge in [0.25, 0.3) is 0 Å². The van der Waals surface area contributed by atoms with Crippen molar-refractivity contribution >= 4 is 28.6 Å². The van der Waals surface area contributed by atoms with Gasteiger partial charge in [0.05, 0.1) is 18.5 Å². The van der Waals surface area contributed by atoms with Gasteiger partial charge in [-0.25, -0.2) is 14.2 Å². The zero-order valence-corrected chi connectivity index (χ0v) is 10.7. The van der Waals surface area contributed by atoms with Crippen LogP contribution in [0.15, 0.2) is 18.2 Å². The number of alkyl halides is 1. The van der Waals surface area contributed by atoms with Crippen LogP contribution in [-0.4, -0.2) is 22.6 Å². The zero-order valence-electron chi connectivity index (χ0n) is 9.98. The molecule has 0 aliphatic carbocycles. The van der Waals surface area contributed by atoms with Crippen LogP contribution in [0.4, 0.5) is 4.39 Å². The van der Waals surface area contributed by atoms with Crippen molar-refractivity contribution in [2.75, 3.05) is 7.11 Å². The van der Waals surface area contributed by atoms with Gasteiger partial charge in [0.1, 0.15) is 17.4 Å². The van der Waals surface area contributed by atoms with Crippen molar-refractivity contribution in [1.29, 1.82) is 0 Å². The van der Waals surface area contributed by atoms with E-state index >= 15 is 0 Å². The van der Waals surface area contributed by atoms with Gasteiger partial charge < -0.3 is 9.30 Å². The first-order chi connectivity index (χ1) is 8.60. The predicted molar refractivity (Wildman–Crippen MR) is 66.0 cm³/mol. The van der Waals surface area contributed by atoms with Crippen LogP contribution >= 0.6 is 11.6 Å². The Hall–Kier alpha value is -1.62. The van der Waals surface area contributed by atoms with E-state index < -0.39 is 17.8 Å². The Labute approximate surface area is 108 Å². The molecule has 1 aromatic carbocycles. The predicted octanol–water partition coefficient (Wildman–Crippen LogP) is 2.65. The zero-order chi connectivity index (χ0) is 13.3. The van der Waals surface area contributed by atoms with Crippen molar-refractivity contribution < 1.29 is 13.9 Å². The van der Waals surface area contributed by atoms with Crippen molar-refractivity contribution in [1.82, 2.24) is 9.55 Å². The number of carbonyl (C=O) groups is 1. The van der Waals surface area contributed by atoms with Gasteiger partial charge in [-0.15, -0.1) is 11.6 Å². The fourth-order valence-electron chi connectivity index (χ4n) is 1.93. The molecule has 0 bridgehead atoms. The summed E-state index contributed by atoms with van der Waals surface area (Å²) in [4.78, 5) is 15.7. The Bertz CT molecular complexity index is 597. The molecule has 1 aromatic heterocycles. The lowest BCUT2D eigenvalue weighted by atomic mass is 10.2. The second-order valence-corrected chi connectivity index (χ2v) is 4.11. The van der Waals surface area contributed by atoms with Gasteiger partial charge in [0.2, 0.25) is 0 Å². The van der Waals surface area contributed by atoms with Crippen LogP contribution in [0.1, 0.15) is 18.8 Å². The molecule has 0 aliphatic heterocycles. The molecule has 0 spiro atoms. The molecule has 2 aromatic rings. The number of hydrogen-bond donors (Lipinski definition) is 0. The van der Waals surface area contributed by atoms with E-state index in [1.807, 2.05) is 0 Å². The molecule has 0 aliphatic rings. The monoisotopic (exact) mass is 270 g/mol. The lowest BCUT2D eigenvalue weighted by Crippen LogP contribution is -2.19. The van der Waals surface area contributed by atoms with E-state index in [0.29, 0.717) is 11.3 Å². The summed E-state index contributed by atoms with van der Waals surface area (Å²) in [6.45, 7) is 1.66. The van der Waals surface area contributed by atoms with E-state index in [2.05, 4.69) is 4.98 Å². The van der Waals surface area contributed by atoms with Crippen LogP contribution in [0, 0.1) is 5.82 Å². The van der Waals surface area contributed by atoms with E-state index in [9.17, 15) is 9.18 Å². The van der Waals surface area contributed by atoms with Gasteiger partial charge in [-0.05, 0) is 19.1 Å². The SMILES string of the molecule is COC(=O)C(C)n1c(CCl)nc2c(F)cccc21. The van der Waals surface area contributed by atoms with Crippen molar-refractivity contribution in [3.05, 3.63) is 29.8 Å². The van der Waals surface area contributed by atoms with Crippen LogP contribution in [0.3, 0.4) is 0 Å². The maximum atomic E-state index is 13.6. The number of carbonyl (C=O) groups excluding carboxylic acids is 1. The van der Waals surface area contributed by atoms with Gasteiger partial charge >= 0.3 is 5.97 Å². The maximum Gasteiger partial charge on any atom is 0.328 e. The Morgan fingerprint density at radius 1 is 1.61 bits per heavy atom. The van der Waals surface area contributed by atoms with E-state index in [4.69, 9.17) is 16.3 Å². The first-order valence-corrected chi connectivity index (χ1v) is 5.92. The van der Waals surface area contributed by atoms with E-state index in [1.165, 1.54) is 13.2 Å². The summed E-state index contributed by atoms with van der Waals surface area (Å²) in [5.41, 5.74) is 0.743. The highest BCUT2D eigenvalue weighted by Crippen LogP contribution is 2.24. The fourth-order valence-corrected chi connectivity index (χ4v) is 2.12. The molecule has 1 unspecified atom stereocenters. The summed E-state index contributed by atoms with van der Waals surface area (Å²) in [5, 5.41) is 0. The minimum atomic E-state index is -0.601. The first-order valence-electron chi connectivity index (χ1n) is 5.39. The van der Waals surface area contributed by atoms with Gasteiger partial charge in [-0.1, -0.05) is 6.07 Å². The molecule has 2 rings (SSSR count). The van der Waals surface area contributed by atoms with Crippen molar-refractivity contribution in [3.63, 3.8) is 0 Å². The van der Waals surface area contributed by atoms with E-state index in [0.717, 1.165) is 0 Å². The van der Waals surface area contributed by atoms with Crippen LogP contribution in [0.2, 0.25) is 0 Å². The van der Waals surface area contributed by atoms with Gasteiger partial charge in [0, 0.05) is 0 Å². The molecule has 0 amide bonds. The van der Waals surface area contributed by atoms with Crippen molar-refractivity contribution in [2.24, 2.45) is 0 Å². The molecule has 6 heteroatoms. The van der Waals surface area contributed by atoms with Gasteiger partial charge in [-0.3, -0.25) is 0 Å². The number of benzene rings is 1. The molecule has 1 heterocycles. The third-order valence-electron chi connectivity index (χ3n) is 2.79. The van der Waals surface area contributed by atoms with Gasteiger partial charge in [0.15, 0.2) is 5.82 Å². The molecule has 0 fully saturated rings. The Balaban J connectivity index is 2.68. The van der Waals surface area contributed by atoms with E-state index in [1.54, 1.807) is 23.6 Å². The summed E-state index contributed by atoms with van der Waals surface area (Å²) in [6.07, 6.45) is 0. The molecule has 0 N–H and O–H groups in total. The molecule has 1 atom stereocenters. The minimum absolute atomic E-state index is 0.0927. The summed E-state index contributed by atoms with van der Waals surface area (Å²) in [5.74, 6) is -0.329. The van der Waals surface area contributed by atoms with Crippen molar-refractivity contribution in [2.45, 2.75) is 18.8 Å². The Kier molecular flexibility index (Phi) is 3.52. The largest absolute Gasteiger partial charge is 0.467 e. The molecule has 0 saturated heterocycles. The third-order valence-corrected chi connectivity index (χ3v) is 3.03. The smallest absolute Gasteiger partial charge is 0.328 e. The topological polar surface area (TPSA) is 44.1 Å². The third kappa shape index (κ3) is 1.95. The highest BCUT2D eigenvalue weighted by atomic mass is 35.5. The average molecular weight is 271 g/mol. The Morgan fingerprint density at radius 2 is 2.33 bits per heavy atom. The number of ether oxygens (including phenoxy) is 1. The molecular weight excluding hydrogens is 259 g/mol. The number of aromatic nitrogens is 2. The number of methoxy groups -OCH3 is 1. The molecule has 18 heavy (non-hydrogen) atoms. The molecular formula is C12H12ClFN2O2. The number of nitrogens with zero attached hydrogens (tertiary/aromatic N) is 2. The maximum absolute atomic E-state index is 13.6. The number of esters is 1. The normalized spacial score (nSPS) is 12.7. The fraction of sp³-hybridized carbons (Fsp3) is 0.333. The van der Waals surface area contributed by atoms with Crippen LogP contribution < -0.4 is 0 Å². The molecule has 0 radical (unpaired) electrons. The first kappa shape index (κ1) is 12.8. The summed E-state index contributed by atoms with van der Waals surface area (Å²) in [7, 11) is 1.30. The standard InChI is InChI=1S/C12H12ClFN2O2/c1-7(12(17)18-2)16-9-5-3-4-8(14)11(9)15-10(16)6-13/h3-5,7H,6H2,1-2H3. The van der Waals surface area contributed by atoms with Crippen molar-refractivity contribution in [3.8, 4) is 0 Å². The van der Waals surface area contributed by atoms with E-state index in [-0.39, 0.29) is 11.4 Å². The highest BCUT2D eigenvalue weighted by Gasteiger charge is 2.22.